The molecule has 1 N–H and O–H groups in total. The maximum absolute atomic E-state index is 13.7. The van der Waals surface area contributed by atoms with Crippen molar-refractivity contribution >= 4 is 31.8 Å². The number of H-pyrrole nitrogens is 1. The quantitative estimate of drug-likeness (QED) is 0.138. The van der Waals surface area contributed by atoms with Gasteiger partial charge in [0.1, 0.15) is 0 Å². The molecule has 4 saturated carbocycles. The molecule has 9 aromatic rings. The van der Waals surface area contributed by atoms with Crippen molar-refractivity contribution in [3.63, 3.8) is 0 Å². The zero-order chi connectivity index (χ0) is 41.5. The lowest BCUT2D eigenvalue weighted by Gasteiger charge is -2.08. The third kappa shape index (κ3) is 6.95. The summed E-state index contributed by atoms with van der Waals surface area (Å²) in [6.07, 6.45) is 16.3. The average Bonchev–Trinajstić information content (AvgIpc) is 4.13. The molecule has 6 aromatic heterocycles. The van der Waals surface area contributed by atoms with Crippen LogP contribution in [-0.4, -0.2) is 57.7 Å². The van der Waals surface area contributed by atoms with Crippen molar-refractivity contribution in [2.24, 2.45) is 0 Å². The molecular formula is C47H40N10O4S. The summed E-state index contributed by atoms with van der Waals surface area (Å²) in [5, 5.41) is 18.6. The highest BCUT2D eigenvalue weighted by molar-refractivity contribution is 7.90. The lowest BCUT2D eigenvalue weighted by molar-refractivity contribution is 0.508. The zero-order valence-electron chi connectivity index (χ0n) is 33.8. The van der Waals surface area contributed by atoms with Crippen LogP contribution in [0.15, 0.2) is 111 Å². The number of fused-ring (bicyclic) bond motifs is 2. The van der Waals surface area contributed by atoms with Crippen molar-refractivity contribution in [2.45, 2.75) is 86.9 Å². The molecule has 4 aliphatic rings. The monoisotopic (exact) mass is 840 g/mol. The van der Waals surface area contributed by atoms with Gasteiger partial charge in [-0.3, -0.25) is 0 Å². The highest BCUT2D eigenvalue weighted by Crippen LogP contribution is 2.43. The molecule has 15 heteroatoms. The van der Waals surface area contributed by atoms with Gasteiger partial charge in [-0.25, -0.2) is 32.3 Å². The Morgan fingerprint density at radius 1 is 0.613 bits per heavy atom. The summed E-state index contributed by atoms with van der Waals surface area (Å²) in [4.78, 5) is 22.1. The molecule has 4 aliphatic carbocycles. The molecule has 0 saturated heterocycles. The van der Waals surface area contributed by atoms with E-state index in [2.05, 4.69) is 41.4 Å². The normalized spacial score (nSPS) is 16.5. The van der Waals surface area contributed by atoms with E-state index < -0.39 is 10.0 Å². The van der Waals surface area contributed by atoms with Gasteiger partial charge in [-0.1, -0.05) is 17.7 Å². The third-order valence-corrected chi connectivity index (χ3v) is 13.8. The largest absolute Gasteiger partial charge is 0.420 e. The lowest BCUT2D eigenvalue weighted by Crippen LogP contribution is -2.11. The van der Waals surface area contributed by atoms with Crippen LogP contribution < -0.4 is 0 Å². The van der Waals surface area contributed by atoms with E-state index in [1.165, 1.54) is 16.8 Å². The molecule has 308 valence electrons. The molecule has 6 heterocycles. The van der Waals surface area contributed by atoms with Crippen LogP contribution in [0.1, 0.15) is 104 Å². The van der Waals surface area contributed by atoms with E-state index in [1.54, 1.807) is 42.7 Å². The lowest BCUT2D eigenvalue weighted by atomic mass is 10.1. The molecule has 62 heavy (non-hydrogen) atoms. The molecule has 0 aliphatic heterocycles. The SMILES string of the molecule is Cc1ccc(S(=O)(=O)n2cc(-c3nccc(C4CC4)n3)c3cc(-c4nnc(C5CC5)o4)ccc32)cc1.c1cc(C2CC2)nc(-c2c[nH]c3ccc(-c4nnc(C5CC5)o4)cc23)n1. The summed E-state index contributed by atoms with van der Waals surface area (Å²) in [7, 11) is -3.85. The van der Waals surface area contributed by atoms with Crippen LogP contribution in [-0.2, 0) is 10.0 Å². The fraction of sp³-hybridized carbons (Fsp3) is 0.277. The van der Waals surface area contributed by atoms with Crippen LogP contribution in [0.4, 0.5) is 0 Å². The van der Waals surface area contributed by atoms with Crippen molar-refractivity contribution in [1.29, 1.82) is 0 Å². The second-order valence-corrected chi connectivity index (χ2v) is 18.8. The summed E-state index contributed by atoms with van der Waals surface area (Å²) in [5.41, 5.74) is 8.02. The van der Waals surface area contributed by atoms with Gasteiger partial charge in [0.15, 0.2) is 11.6 Å². The molecule has 0 radical (unpaired) electrons. The molecule has 13 rings (SSSR count). The maximum atomic E-state index is 13.7. The molecule has 0 atom stereocenters. The van der Waals surface area contributed by atoms with Gasteiger partial charge >= 0.3 is 0 Å². The van der Waals surface area contributed by atoms with Crippen molar-refractivity contribution < 1.29 is 17.3 Å². The topological polar surface area (TPSA) is 184 Å². The number of aryl methyl sites for hydroxylation is 1. The number of benzene rings is 3. The van der Waals surface area contributed by atoms with Crippen LogP contribution in [0.5, 0.6) is 0 Å². The number of aromatic nitrogens is 10. The predicted octanol–water partition coefficient (Wildman–Crippen LogP) is 9.88. The van der Waals surface area contributed by atoms with Crippen molar-refractivity contribution in [2.75, 3.05) is 0 Å². The number of rotatable bonds is 10. The van der Waals surface area contributed by atoms with E-state index in [9.17, 15) is 8.42 Å². The Hall–Kier alpha value is -6.87. The maximum Gasteiger partial charge on any atom is 0.268 e. The number of hydrogen-bond acceptors (Lipinski definition) is 12. The Bertz CT molecular complexity index is 3280. The first-order valence-corrected chi connectivity index (χ1v) is 22.7. The Morgan fingerprint density at radius 3 is 1.74 bits per heavy atom. The van der Waals surface area contributed by atoms with E-state index in [0.717, 1.165) is 94.8 Å². The van der Waals surface area contributed by atoms with Crippen LogP contribution >= 0.6 is 0 Å². The summed E-state index contributed by atoms with van der Waals surface area (Å²) in [6.45, 7) is 1.93. The Balaban J connectivity index is 0.000000139. The highest BCUT2D eigenvalue weighted by atomic mass is 32.2. The summed E-state index contributed by atoms with van der Waals surface area (Å²) in [6, 6.07) is 22.4. The van der Waals surface area contributed by atoms with Gasteiger partial charge in [0.05, 0.1) is 10.4 Å². The van der Waals surface area contributed by atoms with Crippen molar-refractivity contribution in [3.05, 3.63) is 126 Å². The van der Waals surface area contributed by atoms with Crippen LogP contribution in [0.25, 0.3) is 67.5 Å². The minimum atomic E-state index is -3.85. The first kappa shape index (κ1) is 36.9. The number of nitrogens with one attached hydrogen (secondary N) is 1. The van der Waals surface area contributed by atoms with Crippen molar-refractivity contribution in [3.8, 4) is 45.7 Å². The Labute approximate surface area is 356 Å². The average molecular weight is 841 g/mol. The second-order valence-electron chi connectivity index (χ2n) is 16.9. The summed E-state index contributed by atoms with van der Waals surface area (Å²) in [5.74, 6) is 5.56. The van der Waals surface area contributed by atoms with Crippen LogP contribution in [0.2, 0.25) is 0 Å². The first-order chi connectivity index (χ1) is 30.3. The second kappa shape index (κ2) is 14.4. The van der Waals surface area contributed by atoms with Crippen LogP contribution in [0, 0.1) is 6.92 Å². The van der Waals surface area contributed by atoms with Gasteiger partial charge in [-0.15, -0.1) is 20.4 Å². The van der Waals surface area contributed by atoms with Crippen molar-refractivity contribution in [1.82, 2.24) is 49.3 Å². The minimum absolute atomic E-state index is 0.222. The van der Waals surface area contributed by atoms with Crippen LogP contribution in [0.3, 0.4) is 0 Å². The van der Waals surface area contributed by atoms with E-state index in [-0.39, 0.29) is 4.90 Å². The van der Waals surface area contributed by atoms with Gasteiger partial charge in [0, 0.05) is 98.4 Å². The molecular weight excluding hydrogens is 801 g/mol. The third-order valence-electron chi connectivity index (χ3n) is 12.1. The molecule has 0 spiro atoms. The predicted molar refractivity (Wildman–Crippen MR) is 231 cm³/mol. The molecule has 4 fully saturated rings. The highest BCUT2D eigenvalue weighted by Gasteiger charge is 2.32. The first-order valence-electron chi connectivity index (χ1n) is 21.2. The molecule has 0 unspecified atom stereocenters. The smallest absolute Gasteiger partial charge is 0.268 e. The van der Waals surface area contributed by atoms with Gasteiger partial charge in [-0.05, 0) is 119 Å². The Kier molecular flexibility index (Phi) is 8.56. The van der Waals surface area contributed by atoms with Gasteiger partial charge in [0.2, 0.25) is 23.6 Å². The Morgan fingerprint density at radius 2 is 1.16 bits per heavy atom. The van der Waals surface area contributed by atoms with Gasteiger partial charge in [-0.2, -0.15) is 0 Å². The number of aromatic amines is 1. The van der Waals surface area contributed by atoms with Gasteiger partial charge in [0.25, 0.3) is 10.0 Å². The number of hydrogen-bond donors (Lipinski definition) is 1. The fourth-order valence-corrected chi connectivity index (χ4v) is 9.25. The van der Waals surface area contributed by atoms with E-state index in [1.807, 2.05) is 55.7 Å². The molecule has 0 bridgehead atoms. The molecule has 3 aromatic carbocycles. The van der Waals surface area contributed by atoms with E-state index in [4.69, 9.17) is 18.8 Å². The summed E-state index contributed by atoms with van der Waals surface area (Å²) < 4.78 is 40.5. The molecule has 14 nitrogen and oxygen atoms in total. The fourth-order valence-electron chi connectivity index (χ4n) is 7.88. The van der Waals surface area contributed by atoms with E-state index >= 15 is 0 Å². The van der Waals surface area contributed by atoms with E-state index in [0.29, 0.717) is 63.6 Å². The number of nitrogens with zero attached hydrogens (tertiary/aromatic N) is 9. The minimum Gasteiger partial charge on any atom is -0.420 e. The standard InChI is InChI=1S/C27H23N5O3S.C20H17N5O/c1-16-2-9-20(10-3-16)36(33,34)32-15-22(25-28-13-12-23(29-25)17-4-5-17)21-14-19(8-11-24(21)32)27-31-30-26(35-27)18-6-7-18;1-2-11(1)16-7-8-21-18(23-16)15-10-22-17-6-5-13(9-14(15)17)20-25-24-19(26-20)12-3-4-12/h2-3,8-15,17-18H,4-7H2,1H3;5-12,22H,1-4H2. The molecule has 0 amide bonds. The summed E-state index contributed by atoms with van der Waals surface area (Å²) >= 11 is 0. The van der Waals surface area contributed by atoms with Gasteiger partial charge < -0.3 is 13.8 Å². The zero-order valence-corrected chi connectivity index (χ0v) is 34.6.